The van der Waals surface area contributed by atoms with E-state index in [-0.39, 0.29) is 23.0 Å². The molecule has 3 N–H and O–H groups in total. The third-order valence-corrected chi connectivity index (χ3v) is 3.27. The van der Waals surface area contributed by atoms with Gasteiger partial charge in [-0.15, -0.1) is 0 Å². The molecule has 0 bridgehead atoms. The Bertz CT molecular complexity index is 969. The van der Waals surface area contributed by atoms with Crippen LogP contribution in [0, 0.1) is 17.0 Å². The molecule has 0 aliphatic heterocycles. The Morgan fingerprint density at radius 1 is 1.19 bits per heavy atom. The Hall–Kier alpha value is -4.02. The van der Waals surface area contributed by atoms with E-state index >= 15 is 0 Å². The highest BCUT2D eigenvalue weighted by Gasteiger charge is 2.24. The van der Waals surface area contributed by atoms with Gasteiger partial charge in [0, 0.05) is 11.8 Å². The molecule has 3 rings (SSSR count). The van der Waals surface area contributed by atoms with Gasteiger partial charge in [0.1, 0.15) is 12.1 Å². The lowest BCUT2D eigenvalue weighted by molar-refractivity contribution is -0.383. The third kappa shape index (κ3) is 3.56. The van der Waals surface area contributed by atoms with Gasteiger partial charge in [-0.25, -0.2) is 14.8 Å². The van der Waals surface area contributed by atoms with Crippen LogP contribution in [-0.4, -0.2) is 31.1 Å². The van der Waals surface area contributed by atoms with Crippen LogP contribution in [0.3, 0.4) is 0 Å². The summed E-state index contributed by atoms with van der Waals surface area (Å²) < 4.78 is 4.90. The molecule has 11 nitrogen and oxygen atoms in total. The summed E-state index contributed by atoms with van der Waals surface area (Å²) in [5, 5.41) is 29.6. The van der Waals surface area contributed by atoms with Crippen molar-refractivity contribution >= 4 is 34.8 Å². The van der Waals surface area contributed by atoms with Crippen LogP contribution in [0.25, 0.3) is 0 Å². The first-order valence-corrected chi connectivity index (χ1v) is 7.24. The second-order valence-corrected chi connectivity index (χ2v) is 5.13. The van der Waals surface area contributed by atoms with Crippen LogP contribution in [0.2, 0.25) is 0 Å². The molecule has 1 aromatic carbocycles. The zero-order valence-electron chi connectivity index (χ0n) is 13.3. The number of aromatic nitrogens is 3. The van der Waals surface area contributed by atoms with Gasteiger partial charge >= 0.3 is 11.7 Å². The van der Waals surface area contributed by atoms with Gasteiger partial charge in [-0.2, -0.15) is 0 Å². The van der Waals surface area contributed by atoms with Gasteiger partial charge in [-0.05, 0) is 31.2 Å². The Morgan fingerprint density at radius 2 is 1.85 bits per heavy atom. The Labute approximate surface area is 145 Å². The number of nitro groups is 1. The standard InChI is InChI=1S/C15H12N6O5/c1-8-6-11(20-26-8)19-14-12(21(24)25)13(16-7-17-14)18-10-4-2-9(3-5-10)15(22)23/h2-7H,1H3,(H,22,23)(H2,16,17,18,19,20). The summed E-state index contributed by atoms with van der Waals surface area (Å²) >= 11 is 0. The Kier molecular flexibility index (Phi) is 4.43. The normalized spacial score (nSPS) is 10.3. The number of carboxylic acids is 1. The fourth-order valence-electron chi connectivity index (χ4n) is 2.11. The first-order chi connectivity index (χ1) is 12.4. The monoisotopic (exact) mass is 356 g/mol. The summed E-state index contributed by atoms with van der Waals surface area (Å²) in [6.07, 6.45) is 1.15. The summed E-state index contributed by atoms with van der Waals surface area (Å²) in [4.78, 5) is 29.5. The van der Waals surface area contributed by atoms with E-state index < -0.39 is 16.6 Å². The highest BCUT2D eigenvalue weighted by atomic mass is 16.6. The smallest absolute Gasteiger partial charge is 0.353 e. The lowest BCUT2D eigenvalue weighted by Crippen LogP contribution is -2.05. The number of rotatable bonds is 6. The number of benzene rings is 1. The molecule has 0 spiro atoms. The van der Waals surface area contributed by atoms with E-state index in [1.807, 2.05) is 0 Å². The zero-order valence-corrected chi connectivity index (χ0v) is 13.3. The van der Waals surface area contributed by atoms with Crippen molar-refractivity contribution in [3.05, 3.63) is 58.1 Å². The first-order valence-electron chi connectivity index (χ1n) is 7.24. The molecule has 0 amide bonds. The number of aromatic carboxylic acids is 1. The molecule has 0 unspecified atom stereocenters. The number of carboxylic acid groups (broad SMARTS) is 1. The topological polar surface area (TPSA) is 156 Å². The number of nitrogens with one attached hydrogen (secondary N) is 2. The quantitative estimate of drug-likeness (QED) is 0.443. The molecule has 2 heterocycles. The van der Waals surface area contributed by atoms with E-state index in [4.69, 9.17) is 9.63 Å². The molecule has 0 radical (unpaired) electrons. The number of carbonyl (C=O) groups is 1. The fraction of sp³-hybridized carbons (Fsp3) is 0.0667. The second kappa shape index (κ2) is 6.84. The SMILES string of the molecule is Cc1cc(Nc2ncnc(Nc3ccc(C(=O)O)cc3)c2[N+](=O)[O-])no1. The van der Waals surface area contributed by atoms with Gasteiger partial charge in [-0.1, -0.05) is 5.16 Å². The molecule has 3 aromatic rings. The van der Waals surface area contributed by atoms with Crippen LogP contribution in [0.4, 0.5) is 28.8 Å². The van der Waals surface area contributed by atoms with E-state index in [1.54, 1.807) is 13.0 Å². The molecule has 0 saturated carbocycles. The lowest BCUT2D eigenvalue weighted by atomic mass is 10.2. The number of aryl methyl sites for hydroxylation is 1. The molecule has 132 valence electrons. The molecule has 11 heteroatoms. The van der Waals surface area contributed by atoms with Crippen molar-refractivity contribution in [3.63, 3.8) is 0 Å². The predicted octanol–water partition coefficient (Wildman–Crippen LogP) is 2.87. The minimum Gasteiger partial charge on any atom is -0.478 e. The average molecular weight is 356 g/mol. The largest absolute Gasteiger partial charge is 0.478 e. The summed E-state index contributed by atoms with van der Waals surface area (Å²) in [5.74, 6) is -0.403. The maximum Gasteiger partial charge on any atom is 0.353 e. The molecular weight excluding hydrogens is 344 g/mol. The van der Waals surface area contributed by atoms with Crippen molar-refractivity contribution in [2.45, 2.75) is 6.92 Å². The molecule has 0 fully saturated rings. The van der Waals surface area contributed by atoms with Crippen LogP contribution >= 0.6 is 0 Å². The maximum absolute atomic E-state index is 11.5. The van der Waals surface area contributed by atoms with E-state index in [2.05, 4.69) is 25.8 Å². The van der Waals surface area contributed by atoms with Gasteiger partial charge in [0.15, 0.2) is 5.82 Å². The van der Waals surface area contributed by atoms with Gasteiger partial charge < -0.3 is 20.3 Å². The molecule has 26 heavy (non-hydrogen) atoms. The fourth-order valence-corrected chi connectivity index (χ4v) is 2.11. The second-order valence-electron chi connectivity index (χ2n) is 5.13. The number of anilines is 4. The molecular formula is C15H12N6O5. The van der Waals surface area contributed by atoms with E-state index in [1.165, 1.54) is 24.3 Å². The predicted molar refractivity (Wildman–Crippen MR) is 89.9 cm³/mol. The van der Waals surface area contributed by atoms with Crippen LogP contribution in [0.1, 0.15) is 16.1 Å². The highest BCUT2D eigenvalue weighted by Crippen LogP contribution is 2.32. The van der Waals surface area contributed by atoms with Crippen molar-refractivity contribution < 1.29 is 19.3 Å². The van der Waals surface area contributed by atoms with Crippen molar-refractivity contribution in [1.82, 2.24) is 15.1 Å². The van der Waals surface area contributed by atoms with E-state index in [0.717, 1.165) is 6.33 Å². The van der Waals surface area contributed by atoms with Crippen LogP contribution < -0.4 is 10.6 Å². The first kappa shape index (κ1) is 16.8. The zero-order chi connectivity index (χ0) is 18.7. The average Bonchev–Trinajstić information content (AvgIpc) is 3.00. The molecule has 2 aromatic heterocycles. The number of hydrogen-bond acceptors (Lipinski definition) is 9. The van der Waals surface area contributed by atoms with Crippen LogP contribution in [-0.2, 0) is 0 Å². The lowest BCUT2D eigenvalue weighted by Gasteiger charge is -2.09. The number of hydrogen-bond donors (Lipinski definition) is 3. The maximum atomic E-state index is 11.5. The summed E-state index contributed by atoms with van der Waals surface area (Å²) in [6, 6.07) is 7.25. The van der Waals surface area contributed by atoms with Crippen molar-refractivity contribution in [2.75, 3.05) is 10.6 Å². The molecule has 0 aliphatic rings. The van der Waals surface area contributed by atoms with Crippen molar-refractivity contribution in [2.24, 2.45) is 0 Å². The van der Waals surface area contributed by atoms with Gasteiger partial charge in [0.05, 0.1) is 10.5 Å². The van der Waals surface area contributed by atoms with Crippen molar-refractivity contribution in [1.29, 1.82) is 0 Å². The summed E-state index contributed by atoms with van der Waals surface area (Å²) in [5.41, 5.74) is 0.131. The van der Waals surface area contributed by atoms with Crippen molar-refractivity contribution in [3.8, 4) is 0 Å². The third-order valence-electron chi connectivity index (χ3n) is 3.27. The minimum atomic E-state index is -1.07. The summed E-state index contributed by atoms with van der Waals surface area (Å²) in [6.45, 7) is 1.68. The van der Waals surface area contributed by atoms with Gasteiger partial charge in [0.25, 0.3) is 0 Å². The van der Waals surface area contributed by atoms with Gasteiger partial charge in [0.2, 0.25) is 11.6 Å². The molecule has 0 saturated heterocycles. The van der Waals surface area contributed by atoms with E-state index in [0.29, 0.717) is 11.4 Å². The van der Waals surface area contributed by atoms with Crippen LogP contribution in [0.5, 0.6) is 0 Å². The van der Waals surface area contributed by atoms with E-state index in [9.17, 15) is 14.9 Å². The number of nitrogens with zero attached hydrogens (tertiary/aromatic N) is 4. The Morgan fingerprint density at radius 3 is 2.38 bits per heavy atom. The van der Waals surface area contributed by atoms with Crippen LogP contribution in [0.15, 0.2) is 41.2 Å². The molecule has 0 aliphatic carbocycles. The Balaban J connectivity index is 1.92. The minimum absolute atomic E-state index is 0.0595. The summed E-state index contributed by atoms with van der Waals surface area (Å²) in [7, 11) is 0. The van der Waals surface area contributed by atoms with Gasteiger partial charge in [-0.3, -0.25) is 10.1 Å². The molecule has 0 atom stereocenters. The highest BCUT2D eigenvalue weighted by molar-refractivity contribution is 5.88.